The molecule has 9 heteroatoms. The highest BCUT2D eigenvalue weighted by molar-refractivity contribution is 5.95. The molecular formula is C26H29N5O4. The number of likely N-dealkylation sites (N-methyl/N-ethyl adjacent to an activating group) is 1. The molecule has 3 aliphatic rings. The van der Waals surface area contributed by atoms with Crippen molar-refractivity contribution in [1.82, 2.24) is 24.6 Å². The summed E-state index contributed by atoms with van der Waals surface area (Å²) in [6.07, 6.45) is 7.32. The molecule has 0 unspecified atom stereocenters. The van der Waals surface area contributed by atoms with Crippen LogP contribution in [0.3, 0.4) is 0 Å². The number of aromatic nitrogens is 4. The number of carbonyl (C=O) groups excluding carboxylic acids is 1. The first-order chi connectivity index (χ1) is 17.1. The summed E-state index contributed by atoms with van der Waals surface area (Å²) in [6.45, 7) is 2.14. The molecule has 2 fully saturated rings. The van der Waals surface area contributed by atoms with E-state index < -0.39 is 0 Å². The van der Waals surface area contributed by atoms with Crippen molar-refractivity contribution in [3.8, 4) is 23.0 Å². The molecule has 2 aromatic heterocycles. The molecule has 3 heterocycles. The first-order valence-electron chi connectivity index (χ1n) is 12.2. The van der Waals surface area contributed by atoms with Crippen LogP contribution < -0.4 is 4.74 Å². The van der Waals surface area contributed by atoms with E-state index in [9.17, 15) is 4.79 Å². The Labute approximate surface area is 204 Å². The molecule has 0 radical (unpaired) electrons. The number of hydrogen-bond donors (Lipinski definition) is 0. The lowest BCUT2D eigenvalue weighted by atomic mass is 9.90. The van der Waals surface area contributed by atoms with E-state index in [2.05, 4.69) is 22.2 Å². The topological polar surface area (TPSA) is 91.6 Å². The second kappa shape index (κ2) is 9.05. The van der Waals surface area contributed by atoms with Crippen LogP contribution in [0.15, 0.2) is 30.6 Å². The van der Waals surface area contributed by atoms with Crippen LogP contribution >= 0.6 is 0 Å². The minimum atomic E-state index is -0.111. The fraction of sp³-hybridized carbons (Fsp3) is 0.462. The summed E-state index contributed by atoms with van der Waals surface area (Å²) in [4.78, 5) is 24.7. The number of aryl methyl sites for hydroxylation is 2. The van der Waals surface area contributed by atoms with Crippen molar-refractivity contribution < 1.29 is 19.0 Å². The van der Waals surface area contributed by atoms with Gasteiger partial charge in [0.2, 0.25) is 0 Å². The average Bonchev–Trinajstić information content (AvgIpc) is 3.65. The zero-order valence-electron chi connectivity index (χ0n) is 20.1. The van der Waals surface area contributed by atoms with Gasteiger partial charge in [-0.2, -0.15) is 5.10 Å². The first-order valence-corrected chi connectivity index (χ1v) is 12.2. The van der Waals surface area contributed by atoms with Gasteiger partial charge in [-0.1, -0.05) is 0 Å². The van der Waals surface area contributed by atoms with Gasteiger partial charge in [0.25, 0.3) is 11.9 Å². The van der Waals surface area contributed by atoms with Gasteiger partial charge in [-0.15, -0.1) is 0 Å². The van der Waals surface area contributed by atoms with Crippen molar-refractivity contribution in [2.24, 2.45) is 0 Å². The Morgan fingerprint density at radius 2 is 2.06 bits per heavy atom. The molecule has 1 aromatic carbocycles. The van der Waals surface area contributed by atoms with Crippen LogP contribution in [0, 0.1) is 0 Å². The molecule has 35 heavy (non-hydrogen) atoms. The summed E-state index contributed by atoms with van der Waals surface area (Å²) < 4.78 is 18.4. The lowest BCUT2D eigenvalue weighted by Gasteiger charge is -2.27. The van der Waals surface area contributed by atoms with Gasteiger partial charge in [0.15, 0.2) is 0 Å². The fourth-order valence-corrected chi connectivity index (χ4v) is 4.99. The predicted molar refractivity (Wildman–Crippen MR) is 128 cm³/mol. The number of hydrogen-bond acceptors (Lipinski definition) is 7. The Hall–Kier alpha value is -3.30. The van der Waals surface area contributed by atoms with Crippen molar-refractivity contribution in [2.45, 2.75) is 37.7 Å². The van der Waals surface area contributed by atoms with Crippen molar-refractivity contribution in [2.75, 3.05) is 40.5 Å². The molecular weight excluding hydrogens is 446 g/mol. The number of nitrogens with zero attached hydrogens (tertiary/aromatic N) is 5. The molecule has 3 aromatic rings. The Morgan fingerprint density at radius 1 is 1.20 bits per heavy atom. The van der Waals surface area contributed by atoms with Gasteiger partial charge in [0, 0.05) is 31.3 Å². The highest BCUT2D eigenvalue weighted by Crippen LogP contribution is 2.43. The standard InChI is InChI=1S/C26H29N5O4/c1-30(14-20-15-34-9-10-35-20)25(32)22-13-28-31(24(22)16-3-4-16)26-27-12-18-6-5-17-11-19(33-2)7-8-21(17)23(18)29-26/h7-8,11-13,16,20H,3-6,9-10,14-15H2,1-2H3/t20-/m1/s1. The van der Waals surface area contributed by atoms with Crippen LogP contribution in [-0.4, -0.2) is 77.2 Å². The number of benzene rings is 1. The summed E-state index contributed by atoms with van der Waals surface area (Å²) in [6, 6.07) is 6.11. The minimum absolute atomic E-state index is 0.0669. The average molecular weight is 476 g/mol. The van der Waals surface area contributed by atoms with Crippen molar-refractivity contribution in [3.05, 3.63) is 53.0 Å². The first kappa shape index (κ1) is 22.2. The molecule has 1 atom stereocenters. The lowest BCUT2D eigenvalue weighted by molar-refractivity contribution is -0.0933. The van der Waals surface area contributed by atoms with E-state index in [1.54, 1.807) is 29.9 Å². The van der Waals surface area contributed by atoms with Crippen LogP contribution in [-0.2, 0) is 22.3 Å². The number of methoxy groups -OCH3 is 1. The highest BCUT2D eigenvalue weighted by atomic mass is 16.6. The molecule has 0 spiro atoms. The van der Waals surface area contributed by atoms with Gasteiger partial charge >= 0.3 is 0 Å². The number of amides is 1. The molecule has 6 rings (SSSR count). The molecule has 1 saturated heterocycles. The van der Waals surface area contributed by atoms with E-state index >= 15 is 0 Å². The van der Waals surface area contributed by atoms with Crippen LogP contribution in [0.25, 0.3) is 17.2 Å². The zero-order valence-corrected chi connectivity index (χ0v) is 20.1. The van der Waals surface area contributed by atoms with E-state index in [0.29, 0.717) is 37.9 Å². The monoisotopic (exact) mass is 475 g/mol. The molecule has 0 bridgehead atoms. The summed E-state index contributed by atoms with van der Waals surface area (Å²) >= 11 is 0. The number of ether oxygens (including phenoxy) is 3. The molecule has 1 saturated carbocycles. The van der Waals surface area contributed by atoms with Gasteiger partial charge in [-0.3, -0.25) is 4.79 Å². The maximum Gasteiger partial charge on any atom is 0.257 e. The Morgan fingerprint density at radius 3 is 2.83 bits per heavy atom. The number of fused-ring (bicyclic) bond motifs is 3. The molecule has 1 aliphatic heterocycles. The van der Waals surface area contributed by atoms with Crippen LogP contribution in [0.4, 0.5) is 0 Å². The summed E-state index contributed by atoms with van der Waals surface area (Å²) in [5.74, 6) is 1.57. The predicted octanol–water partition coefficient (Wildman–Crippen LogP) is 2.80. The summed E-state index contributed by atoms with van der Waals surface area (Å²) in [5.41, 5.74) is 5.87. The molecule has 182 valence electrons. The third kappa shape index (κ3) is 4.19. The van der Waals surface area contributed by atoms with E-state index in [4.69, 9.17) is 19.2 Å². The normalized spacial score (nSPS) is 19.1. The maximum atomic E-state index is 13.4. The number of carbonyl (C=O) groups is 1. The van der Waals surface area contributed by atoms with E-state index in [1.165, 1.54) is 5.56 Å². The molecule has 1 amide bonds. The number of rotatable bonds is 6. The van der Waals surface area contributed by atoms with Gasteiger partial charge in [-0.05, 0) is 55.0 Å². The smallest absolute Gasteiger partial charge is 0.257 e. The van der Waals surface area contributed by atoms with E-state index in [-0.39, 0.29) is 17.9 Å². The van der Waals surface area contributed by atoms with E-state index in [0.717, 1.165) is 53.9 Å². The van der Waals surface area contributed by atoms with E-state index in [1.807, 2.05) is 12.3 Å². The third-order valence-corrected chi connectivity index (χ3v) is 6.98. The van der Waals surface area contributed by atoms with Crippen molar-refractivity contribution in [3.63, 3.8) is 0 Å². The largest absolute Gasteiger partial charge is 0.497 e. The lowest BCUT2D eigenvalue weighted by Crippen LogP contribution is -2.41. The zero-order chi connectivity index (χ0) is 23.9. The minimum Gasteiger partial charge on any atom is -0.497 e. The molecule has 9 nitrogen and oxygen atoms in total. The third-order valence-electron chi connectivity index (χ3n) is 6.98. The second-order valence-electron chi connectivity index (χ2n) is 9.45. The fourth-order valence-electron chi connectivity index (χ4n) is 4.99. The van der Waals surface area contributed by atoms with Gasteiger partial charge in [-0.25, -0.2) is 14.6 Å². The Bertz CT molecular complexity index is 1260. The SMILES string of the molecule is COc1ccc2c(c1)CCc1cnc(-n3ncc(C(=O)N(C)C[C@@H]4COCCO4)c3C3CC3)nc1-2. The maximum absolute atomic E-state index is 13.4. The van der Waals surface area contributed by atoms with Crippen molar-refractivity contribution >= 4 is 5.91 Å². The van der Waals surface area contributed by atoms with Crippen LogP contribution in [0.1, 0.15) is 45.9 Å². The Balaban J connectivity index is 1.33. The Kier molecular flexibility index (Phi) is 5.74. The van der Waals surface area contributed by atoms with Crippen molar-refractivity contribution in [1.29, 1.82) is 0 Å². The molecule has 0 N–H and O–H groups in total. The van der Waals surface area contributed by atoms with Crippen LogP contribution in [0.2, 0.25) is 0 Å². The van der Waals surface area contributed by atoms with Gasteiger partial charge in [0.05, 0.1) is 56.2 Å². The van der Waals surface area contributed by atoms with Gasteiger partial charge < -0.3 is 19.1 Å². The quantitative estimate of drug-likeness (QED) is 0.541. The van der Waals surface area contributed by atoms with Crippen LogP contribution in [0.5, 0.6) is 5.75 Å². The second-order valence-corrected chi connectivity index (χ2v) is 9.45. The van der Waals surface area contributed by atoms with Gasteiger partial charge in [0.1, 0.15) is 5.75 Å². The summed E-state index contributed by atoms with van der Waals surface area (Å²) in [7, 11) is 3.48. The summed E-state index contributed by atoms with van der Waals surface area (Å²) in [5, 5.41) is 4.60. The molecule has 2 aliphatic carbocycles. The highest BCUT2D eigenvalue weighted by Gasteiger charge is 2.35.